The molecule has 2 aromatic heterocycles. The Morgan fingerprint density at radius 3 is 2.54 bits per heavy atom. The summed E-state index contributed by atoms with van der Waals surface area (Å²) in [5.41, 5.74) is 1.70. The van der Waals surface area contributed by atoms with Gasteiger partial charge in [-0.1, -0.05) is 6.42 Å². The van der Waals surface area contributed by atoms with E-state index in [9.17, 15) is 14.4 Å². The number of pyridine rings is 1. The third-order valence-corrected chi connectivity index (χ3v) is 5.82. The third kappa shape index (κ3) is 4.39. The predicted molar refractivity (Wildman–Crippen MR) is 105 cm³/mol. The maximum Gasteiger partial charge on any atom is 0.341 e. The number of fused-ring (bicyclic) bond motifs is 1. The van der Waals surface area contributed by atoms with Crippen LogP contribution in [-0.4, -0.2) is 36.0 Å². The van der Waals surface area contributed by atoms with E-state index in [1.54, 1.807) is 0 Å². The summed E-state index contributed by atoms with van der Waals surface area (Å²) in [7, 11) is 1.33. The summed E-state index contributed by atoms with van der Waals surface area (Å²) in [5, 5.41) is 3.20. The van der Waals surface area contributed by atoms with E-state index in [-0.39, 0.29) is 0 Å². The van der Waals surface area contributed by atoms with E-state index in [4.69, 9.17) is 9.47 Å². The van der Waals surface area contributed by atoms with Gasteiger partial charge >= 0.3 is 11.9 Å². The van der Waals surface area contributed by atoms with Gasteiger partial charge in [0.2, 0.25) is 0 Å². The van der Waals surface area contributed by atoms with E-state index in [2.05, 4.69) is 10.3 Å². The van der Waals surface area contributed by atoms with Crippen molar-refractivity contribution in [2.24, 2.45) is 0 Å². The van der Waals surface area contributed by atoms with Gasteiger partial charge in [0.25, 0.3) is 5.91 Å². The highest BCUT2D eigenvalue weighted by Gasteiger charge is 2.28. The predicted octanol–water partition coefficient (Wildman–Crippen LogP) is 3.38. The van der Waals surface area contributed by atoms with Gasteiger partial charge in [0.15, 0.2) is 6.10 Å². The van der Waals surface area contributed by atoms with Crippen molar-refractivity contribution in [2.75, 3.05) is 12.4 Å². The molecule has 0 saturated heterocycles. The van der Waals surface area contributed by atoms with E-state index in [0.29, 0.717) is 16.1 Å². The summed E-state index contributed by atoms with van der Waals surface area (Å²) in [6.07, 6.45) is 6.78. The highest BCUT2D eigenvalue weighted by atomic mass is 32.1. The summed E-state index contributed by atoms with van der Waals surface area (Å²) in [5.74, 6) is -1.57. The maximum atomic E-state index is 12.6. The van der Waals surface area contributed by atoms with Gasteiger partial charge < -0.3 is 14.8 Å². The van der Waals surface area contributed by atoms with Gasteiger partial charge in [-0.25, -0.2) is 9.59 Å². The van der Waals surface area contributed by atoms with Crippen molar-refractivity contribution < 1.29 is 23.9 Å². The number of amides is 1. The molecule has 1 amide bonds. The summed E-state index contributed by atoms with van der Waals surface area (Å²) in [6, 6.07) is 3.03. The second-order valence-electron chi connectivity index (χ2n) is 6.53. The highest BCUT2D eigenvalue weighted by molar-refractivity contribution is 7.17. The number of carbonyl (C=O) groups is 3. The number of aryl methyl sites for hydroxylation is 1. The SMILES string of the molecule is COC(=O)c1c(NC(=O)C(C)OC(=O)c2ccncc2)sc2c1CCCCC2. The van der Waals surface area contributed by atoms with Crippen LogP contribution in [0.15, 0.2) is 24.5 Å². The van der Waals surface area contributed by atoms with Crippen molar-refractivity contribution in [3.8, 4) is 0 Å². The Hall–Kier alpha value is -2.74. The molecule has 0 radical (unpaired) electrons. The van der Waals surface area contributed by atoms with Crippen LogP contribution in [0.4, 0.5) is 5.00 Å². The van der Waals surface area contributed by atoms with Crippen molar-refractivity contribution in [1.29, 1.82) is 0 Å². The van der Waals surface area contributed by atoms with Gasteiger partial charge in [-0.15, -0.1) is 11.3 Å². The number of hydrogen-bond donors (Lipinski definition) is 1. The minimum absolute atomic E-state index is 0.313. The Balaban J connectivity index is 1.76. The van der Waals surface area contributed by atoms with Crippen LogP contribution < -0.4 is 5.32 Å². The van der Waals surface area contributed by atoms with Crippen molar-refractivity contribution in [2.45, 2.75) is 45.1 Å². The smallest absolute Gasteiger partial charge is 0.341 e. The summed E-state index contributed by atoms with van der Waals surface area (Å²) in [6.45, 7) is 1.49. The lowest BCUT2D eigenvalue weighted by Gasteiger charge is -2.13. The molecule has 1 atom stereocenters. The second kappa shape index (κ2) is 8.97. The van der Waals surface area contributed by atoms with Gasteiger partial charge in [0.1, 0.15) is 5.00 Å². The molecular weight excluding hydrogens is 380 g/mol. The summed E-state index contributed by atoms with van der Waals surface area (Å²) < 4.78 is 10.2. The standard InChI is InChI=1S/C20H22N2O5S/c1-12(27-19(24)13-8-10-21-11-9-13)17(23)22-18-16(20(25)26-2)14-6-4-3-5-7-15(14)28-18/h8-12H,3-7H2,1-2H3,(H,22,23). The normalized spacial score (nSPS) is 14.4. The third-order valence-electron chi connectivity index (χ3n) is 4.62. The molecule has 1 aliphatic carbocycles. The molecule has 0 fully saturated rings. The van der Waals surface area contributed by atoms with E-state index in [1.165, 1.54) is 49.9 Å². The first kappa shape index (κ1) is 20.0. The fraction of sp³-hybridized carbons (Fsp3) is 0.400. The number of nitrogens with one attached hydrogen (secondary N) is 1. The molecule has 1 unspecified atom stereocenters. The topological polar surface area (TPSA) is 94.6 Å². The number of rotatable bonds is 5. The Labute approximate surface area is 167 Å². The molecule has 28 heavy (non-hydrogen) atoms. The number of ether oxygens (including phenoxy) is 2. The number of nitrogens with zero attached hydrogens (tertiary/aromatic N) is 1. The van der Waals surface area contributed by atoms with Gasteiger partial charge in [-0.2, -0.15) is 0 Å². The number of thiophene rings is 1. The van der Waals surface area contributed by atoms with Crippen LogP contribution in [0.5, 0.6) is 0 Å². The number of aromatic nitrogens is 1. The molecule has 1 aliphatic rings. The van der Waals surface area contributed by atoms with E-state index in [0.717, 1.165) is 42.5 Å². The lowest BCUT2D eigenvalue weighted by molar-refractivity contribution is -0.123. The van der Waals surface area contributed by atoms with Crippen LogP contribution in [0, 0.1) is 0 Å². The lowest BCUT2D eigenvalue weighted by atomic mass is 10.1. The molecular formula is C20H22N2O5S. The van der Waals surface area contributed by atoms with Gasteiger partial charge in [0, 0.05) is 17.3 Å². The van der Waals surface area contributed by atoms with Crippen molar-refractivity contribution in [3.05, 3.63) is 46.1 Å². The molecule has 0 spiro atoms. The number of hydrogen-bond acceptors (Lipinski definition) is 7. The average Bonchev–Trinajstić information content (AvgIpc) is 2.88. The van der Waals surface area contributed by atoms with Crippen molar-refractivity contribution >= 4 is 34.2 Å². The molecule has 7 nitrogen and oxygen atoms in total. The molecule has 0 bridgehead atoms. The molecule has 1 N–H and O–H groups in total. The van der Waals surface area contributed by atoms with E-state index < -0.39 is 23.9 Å². The van der Waals surface area contributed by atoms with Crippen molar-refractivity contribution in [3.63, 3.8) is 0 Å². The van der Waals surface area contributed by atoms with Crippen LogP contribution in [-0.2, 0) is 27.1 Å². The minimum Gasteiger partial charge on any atom is -0.465 e. The van der Waals surface area contributed by atoms with Crippen LogP contribution in [0.3, 0.4) is 0 Å². The van der Waals surface area contributed by atoms with Crippen LogP contribution in [0.25, 0.3) is 0 Å². The van der Waals surface area contributed by atoms with Crippen LogP contribution in [0.1, 0.15) is 57.3 Å². The second-order valence-corrected chi connectivity index (χ2v) is 7.64. The highest BCUT2D eigenvalue weighted by Crippen LogP contribution is 2.38. The number of methoxy groups -OCH3 is 1. The summed E-state index contributed by atoms with van der Waals surface area (Å²) in [4.78, 5) is 42.0. The zero-order valence-electron chi connectivity index (χ0n) is 15.8. The van der Waals surface area contributed by atoms with Gasteiger partial charge in [-0.3, -0.25) is 9.78 Å². The minimum atomic E-state index is -1.02. The zero-order chi connectivity index (χ0) is 20.1. The van der Waals surface area contributed by atoms with Gasteiger partial charge in [0.05, 0.1) is 18.2 Å². The number of carbonyl (C=O) groups excluding carboxylic acids is 3. The molecule has 2 aromatic rings. The molecule has 3 rings (SSSR count). The molecule has 8 heteroatoms. The summed E-state index contributed by atoms with van der Waals surface area (Å²) >= 11 is 1.40. The first-order valence-corrected chi connectivity index (χ1v) is 9.97. The molecule has 2 heterocycles. The molecule has 148 valence electrons. The first-order chi connectivity index (χ1) is 13.5. The molecule has 0 saturated carbocycles. The van der Waals surface area contributed by atoms with E-state index in [1.807, 2.05) is 0 Å². The fourth-order valence-corrected chi connectivity index (χ4v) is 4.41. The Morgan fingerprint density at radius 1 is 1.11 bits per heavy atom. The molecule has 0 aromatic carbocycles. The molecule has 0 aliphatic heterocycles. The average molecular weight is 402 g/mol. The lowest BCUT2D eigenvalue weighted by Crippen LogP contribution is -2.30. The number of anilines is 1. The zero-order valence-corrected chi connectivity index (χ0v) is 16.6. The Bertz CT molecular complexity index is 878. The fourth-order valence-electron chi connectivity index (χ4n) is 3.13. The quantitative estimate of drug-likeness (QED) is 0.609. The largest absolute Gasteiger partial charge is 0.465 e. The number of esters is 2. The first-order valence-electron chi connectivity index (χ1n) is 9.16. The van der Waals surface area contributed by atoms with Crippen molar-refractivity contribution in [1.82, 2.24) is 4.98 Å². The van der Waals surface area contributed by atoms with E-state index >= 15 is 0 Å². The monoisotopic (exact) mass is 402 g/mol. The van der Waals surface area contributed by atoms with Gasteiger partial charge in [-0.05, 0) is 50.3 Å². The Kier molecular flexibility index (Phi) is 6.41. The van der Waals surface area contributed by atoms with Crippen LogP contribution in [0.2, 0.25) is 0 Å². The van der Waals surface area contributed by atoms with Crippen LogP contribution >= 0.6 is 11.3 Å². The Morgan fingerprint density at radius 2 is 1.82 bits per heavy atom. The maximum absolute atomic E-state index is 12.6.